The number of pyridine rings is 1. The molecule has 4 rings (SSSR count). The van der Waals surface area contributed by atoms with Gasteiger partial charge in [0, 0.05) is 37.4 Å². The van der Waals surface area contributed by atoms with Crippen LogP contribution >= 0.6 is 22.7 Å². The number of thiazole rings is 1. The standard InChI is InChI=1S/C23H26N4O3S2/c1-16(2)10-26-11-18(30-14-17-5-3-7-24-9-17)12-27(13-21(26)28)23(29)19-15-32-22(25-19)20-6-4-8-31-20/h3-9,15-16,18H,10-14H2,1-2H3. The summed E-state index contributed by atoms with van der Waals surface area (Å²) in [5, 5.41) is 4.57. The van der Waals surface area contributed by atoms with E-state index in [9.17, 15) is 9.59 Å². The van der Waals surface area contributed by atoms with Gasteiger partial charge < -0.3 is 14.5 Å². The molecule has 2 amide bonds. The summed E-state index contributed by atoms with van der Waals surface area (Å²) in [5.74, 6) is 0.0269. The molecule has 0 N–H and O–H groups in total. The summed E-state index contributed by atoms with van der Waals surface area (Å²) >= 11 is 3.03. The fourth-order valence-corrected chi connectivity index (χ4v) is 5.21. The van der Waals surface area contributed by atoms with E-state index in [2.05, 4.69) is 23.8 Å². The van der Waals surface area contributed by atoms with E-state index in [1.807, 2.05) is 34.5 Å². The lowest BCUT2D eigenvalue weighted by Crippen LogP contribution is -2.40. The molecule has 0 aromatic carbocycles. The van der Waals surface area contributed by atoms with Crippen LogP contribution in [0.1, 0.15) is 29.9 Å². The SMILES string of the molecule is CC(C)CN1CC(OCc2cccnc2)CN(C(=O)c2csc(-c3cccs3)n2)CC1=O. The zero-order valence-corrected chi connectivity index (χ0v) is 19.8. The monoisotopic (exact) mass is 470 g/mol. The number of carbonyl (C=O) groups excluding carboxylic acids is 2. The van der Waals surface area contributed by atoms with Crippen LogP contribution in [0.25, 0.3) is 9.88 Å². The van der Waals surface area contributed by atoms with Crippen molar-refractivity contribution in [2.75, 3.05) is 26.2 Å². The van der Waals surface area contributed by atoms with Gasteiger partial charge in [-0.2, -0.15) is 0 Å². The van der Waals surface area contributed by atoms with E-state index in [0.29, 0.717) is 37.9 Å². The van der Waals surface area contributed by atoms with Gasteiger partial charge in [-0.15, -0.1) is 22.7 Å². The molecule has 3 aromatic rings. The highest BCUT2D eigenvalue weighted by molar-refractivity contribution is 7.20. The fraction of sp³-hybridized carbons (Fsp3) is 0.391. The Hall–Kier alpha value is -2.62. The van der Waals surface area contributed by atoms with E-state index in [1.54, 1.807) is 34.0 Å². The fourth-order valence-electron chi connectivity index (χ4n) is 3.60. The third-order valence-electron chi connectivity index (χ3n) is 5.06. The maximum Gasteiger partial charge on any atom is 0.273 e. The summed E-state index contributed by atoms with van der Waals surface area (Å²) < 4.78 is 6.15. The Morgan fingerprint density at radius 2 is 2.12 bits per heavy atom. The second kappa shape index (κ2) is 10.3. The largest absolute Gasteiger partial charge is 0.370 e. The number of hydrogen-bond acceptors (Lipinski definition) is 7. The lowest BCUT2D eigenvalue weighted by molar-refractivity contribution is -0.132. The number of ether oxygens (including phenoxy) is 1. The molecule has 0 aliphatic carbocycles. The van der Waals surface area contributed by atoms with Gasteiger partial charge in [-0.3, -0.25) is 14.6 Å². The first-order valence-corrected chi connectivity index (χ1v) is 12.3. The maximum atomic E-state index is 13.3. The Morgan fingerprint density at radius 3 is 2.84 bits per heavy atom. The number of carbonyl (C=O) groups is 2. The van der Waals surface area contributed by atoms with Crippen LogP contribution in [0, 0.1) is 5.92 Å². The molecular formula is C23H26N4O3S2. The molecule has 168 valence electrons. The van der Waals surface area contributed by atoms with Gasteiger partial charge in [-0.25, -0.2) is 4.98 Å². The minimum absolute atomic E-state index is 0.0319. The van der Waals surface area contributed by atoms with Crippen molar-refractivity contribution in [2.24, 2.45) is 5.92 Å². The van der Waals surface area contributed by atoms with Crippen molar-refractivity contribution in [3.8, 4) is 9.88 Å². The van der Waals surface area contributed by atoms with E-state index < -0.39 is 0 Å². The molecule has 0 bridgehead atoms. The number of amides is 2. The van der Waals surface area contributed by atoms with Crippen LogP contribution in [0.15, 0.2) is 47.4 Å². The Kier molecular flexibility index (Phi) is 7.29. The molecule has 1 unspecified atom stereocenters. The number of thiophene rings is 1. The first-order chi connectivity index (χ1) is 15.5. The Bertz CT molecular complexity index is 1040. The van der Waals surface area contributed by atoms with E-state index >= 15 is 0 Å². The summed E-state index contributed by atoms with van der Waals surface area (Å²) in [7, 11) is 0. The van der Waals surface area contributed by atoms with Gasteiger partial charge in [-0.05, 0) is 29.0 Å². The molecule has 7 nitrogen and oxygen atoms in total. The number of nitrogens with zero attached hydrogens (tertiary/aromatic N) is 4. The Morgan fingerprint density at radius 1 is 1.25 bits per heavy atom. The van der Waals surface area contributed by atoms with Crippen molar-refractivity contribution in [1.82, 2.24) is 19.8 Å². The first kappa shape index (κ1) is 22.6. The normalized spacial score (nSPS) is 17.1. The lowest BCUT2D eigenvalue weighted by atomic mass is 10.2. The topological polar surface area (TPSA) is 75.6 Å². The smallest absolute Gasteiger partial charge is 0.273 e. The predicted octanol–water partition coefficient (Wildman–Crippen LogP) is 3.79. The molecule has 1 saturated heterocycles. The predicted molar refractivity (Wildman–Crippen MR) is 126 cm³/mol. The van der Waals surface area contributed by atoms with Crippen molar-refractivity contribution in [1.29, 1.82) is 0 Å². The third-order valence-corrected chi connectivity index (χ3v) is 6.94. The van der Waals surface area contributed by atoms with E-state index in [0.717, 1.165) is 15.4 Å². The first-order valence-electron chi connectivity index (χ1n) is 10.6. The van der Waals surface area contributed by atoms with Gasteiger partial charge >= 0.3 is 0 Å². The number of aromatic nitrogens is 2. The van der Waals surface area contributed by atoms with Crippen molar-refractivity contribution >= 4 is 34.5 Å². The highest BCUT2D eigenvalue weighted by Gasteiger charge is 2.32. The zero-order chi connectivity index (χ0) is 22.5. The molecule has 1 aliphatic rings. The average Bonchev–Trinajstić information content (AvgIpc) is 3.45. The molecule has 9 heteroatoms. The number of hydrogen-bond donors (Lipinski definition) is 0. The van der Waals surface area contributed by atoms with E-state index in [4.69, 9.17) is 4.74 Å². The molecule has 0 spiro atoms. The molecule has 0 saturated carbocycles. The minimum atomic E-state index is -0.292. The van der Waals surface area contributed by atoms with Crippen LogP contribution in [0.3, 0.4) is 0 Å². The van der Waals surface area contributed by atoms with Crippen molar-refractivity contribution in [2.45, 2.75) is 26.6 Å². The highest BCUT2D eigenvalue weighted by Crippen LogP contribution is 2.28. The van der Waals surface area contributed by atoms with Gasteiger partial charge in [0.05, 0.1) is 17.6 Å². The molecule has 32 heavy (non-hydrogen) atoms. The van der Waals surface area contributed by atoms with E-state index in [-0.39, 0.29) is 24.5 Å². The van der Waals surface area contributed by atoms with Gasteiger partial charge in [0.15, 0.2) is 0 Å². The second-order valence-electron chi connectivity index (χ2n) is 8.19. The Balaban J connectivity index is 1.51. The van der Waals surface area contributed by atoms with Gasteiger partial charge in [0.2, 0.25) is 5.91 Å². The average molecular weight is 471 g/mol. The van der Waals surface area contributed by atoms with Crippen molar-refractivity contribution < 1.29 is 14.3 Å². The lowest BCUT2D eigenvalue weighted by Gasteiger charge is -2.26. The molecule has 3 aromatic heterocycles. The molecule has 1 atom stereocenters. The quantitative estimate of drug-likeness (QED) is 0.525. The summed E-state index contributed by atoms with van der Waals surface area (Å²) in [4.78, 5) is 39.3. The molecule has 1 fully saturated rings. The summed E-state index contributed by atoms with van der Waals surface area (Å²) in [6.07, 6.45) is 3.19. The third kappa shape index (κ3) is 5.59. The van der Waals surface area contributed by atoms with Gasteiger partial charge in [0.1, 0.15) is 17.2 Å². The highest BCUT2D eigenvalue weighted by atomic mass is 32.1. The summed E-state index contributed by atoms with van der Waals surface area (Å²) in [5.41, 5.74) is 1.32. The van der Waals surface area contributed by atoms with Crippen molar-refractivity contribution in [3.05, 3.63) is 58.7 Å². The zero-order valence-electron chi connectivity index (χ0n) is 18.1. The summed E-state index contributed by atoms with van der Waals surface area (Å²) in [6.45, 7) is 5.99. The molecule has 4 heterocycles. The van der Waals surface area contributed by atoms with Crippen molar-refractivity contribution in [3.63, 3.8) is 0 Å². The van der Waals surface area contributed by atoms with Crippen LogP contribution in [0.2, 0.25) is 0 Å². The van der Waals surface area contributed by atoms with Gasteiger partial charge in [0.25, 0.3) is 5.91 Å². The van der Waals surface area contributed by atoms with Crippen LogP contribution in [0.5, 0.6) is 0 Å². The van der Waals surface area contributed by atoms with E-state index in [1.165, 1.54) is 11.3 Å². The van der Waals surface area contributed by atoms with Crippen LogP contribution < -0.4 is 0 Å². The van der Waals surface area contributed by atoms with Gasteiger partial charge in [-0.1, -0.05) is 26.0 Å². The molecular weight excluding hydrogens is 444 g/mol. The number of rotatable bonds is 7. The molecule has 1 aliphatic heterocycles. The summed E-state index contributed by atoms with van der Waals surface area (Å²) in [6, 6.07) is 7.76. The Labute approximate surface area is 195 Å². The minimum Gasteiger partial charge on any atom is -0.370 e. The molecule has 0 radical (unpaired) electrons. The second-order valence-corrected chi connectivity index (χ2v) is 9.99. The van der Waals surface area contributed by atoms with Crippen LogP contribution in [0.4, 0.5) is 0 Å². The maximum absolute atomic E-state index is 13.3. The van der Waals surface area contributed by atoms with Crippen LogP contribution in [-0.2, 0) is 16.1 Å². The van der Waals surface area contributed by atoms with Crippen LogP contribution in [-0.4, -0.2) is 63.9 Å².